The molecular formula is C14H20N2O3. The van der Waals surface area contributed by atoms with E-state index in [4.69, 9.17) is 15.2 Å². The van der Waals surface area contributed by atoms with Gasteiger partial charge in [0.15, 0.2) is 0 Å². The van der Waals surface area contributed by atoms with Crippen LogP contribution >= 0.6 is 0 Å². The van der Waals surface area contributed by atoms with Crippen molar-refractivity contribution in [3.05, 3.63) is 23.8 Å². The Morgan fingerprint density at radius 1 is 1.37 bits per heavy atom. The van der Waals surface area contributed by atoms with Crippen molar-refractivity contribution in [2.75, 3.05) is 20.0 Å². The van der Waals surface area contributed by atoms with Gasteiger partial charge in [0, 0.05) is 18.9 Å². The number of methoxy groups -OCH3 is 2. The second-order valence-corrected chi connectivity index (χ2v) is 4.74. The van der Waals surface area contributed by atoms with Crippen LogP contribution in [-0.2, 0) is 4.74 Å². The number of nitrogens with one attached hydrogen (secondary N) is 1. The Labute approximate surface area is 113 Å². The molecule has 19 heavy (non-hydrogen) atoms. The van der Waals surface area contributed by atoms with E-state index in [2.05, 4.69) is 5.32 Å². The van der Waals surface area contributed by atoms with Crippen LogP contribution in [0.15, 0.2) is 18.2 Å². The van der Waals surface area contributed by atoms with E-state index in [1.807, 2.05) is 0 Å². The summed E-state index contributed by atoms with van der Waals surface area (Å²) in [5.74, 6) is 0.485. The lowest BCUT2D eigenvalue weighted by Gasteiger charge is -2.20. The number of hydrogen-bond acceptors (Lipinski definition) is 4. The van der Waals surface area contributed by atoms with Gasteiger partial charge in [-0.25, -0.2) is 0 Å². The second-order valence-electron chi connectivity index (χ2n) is 4.74. The number of carbonyl (C=O) groups is 1. The summed E-state index contributed by atoms with van der Waals surface area (Å²) in [4.78, 5) is 12.2. The Hall–Kier alpha value is -1.75. The van der Waals surface area contributed by atoms with Crippen LogP contribution in [0.5, 0.6) is 5.75 Å². The van der Waals surface area contributed by atoms with Crippen LogP contribution in [0.4, 0.5) is 5.69 Å². The maximum Gasteiger partial charge on any atom is 0.253 e. The molecule has 1 aliphatic rings. The van der Waals surface area contributed by atoms with Crippen LogP contribution in [0, 0.1) is 0 Å². The Kier molecular flexibility index (Phi) is 4.27. The van der Waals surface area contributed by atoms with E-state index in [0.717, 1.165) is 19.3 Å². The zero-order valence-electron chi connectivity index (χ0n) is 11.3. The number of rotatable bonds is 4. The van der Waals surface area contributed by atoms with E-state index in [1.54, 1.807) is 32.4 Å². The molecule has 1 saturated carbocycles. The molecule has 1 aromatic rings. The molecule has 5 heteroatoms. The first-order valence-corrected chi connectivity index (χ1v) is 6.43. The third kappa shape index (κ3) is 2.98. The zero-order valence-corrected chi connectivity index (χ0v) is 11.3. The van der Waals surface area contributed by atoms with Crippen LogP contribution in [0.25, 0.3) is 0 Å². The van der Waals surface area contributed by atoms with Crippen molar-refractivity contribution in [3.8, 4) is 5.75 Å². The third-order valence-corrected chi connectivity index (χ3v) is 3.58. The molecule has 104 valence electrons. The normalized spacial score (nSPS) is 22.2. The smallest absolute Gasteiger partial charge is 0.253 e. The molecule has 1 aromatic carbocycles. The molecule has 1 amide bonds. The van der Waals surface area contributed by atoms with Gasteiger partial charge in [0.2, 0.25) is 0 Å². The quantitative estimate of drug-likeness (QED) is 0.810. The van der Waals surface area contributed by atoms with E-state index >= 15 is 0 Å². The molecule has 3 N–H and O–H groups in total. The first-order valence-electron chi connectivity index (χ1n) is 6.43. The largest absolute Gasteiger partial charge is 0.497 e. The maximum absolute atomic E-state index is 12.2. The predicted molar refractivity (Wildman–Crippen MR) is 73.3 cm³/mol. The van der Waals surface area contributed by atoms with Crippen molar-refractivity contribution in [2.24, 2.45) is 0 Å². The molecule has 2 atom stereocenters. The highest BCUT2D eigenvalue weighted by atomic mass is 16.5. The molecule has 5 nitrogen and oxygen atoms in total. The van der Waals surface area contributed by atoms with Crippen LogP contribution in [0.3, 0.4) is 0 Å². The van der Waals surface area contributed by atoms with Gasteiger partial charge in [0.1, 0.15) is 5.75 Å². The summed E-state index contributed by atoms with van der Waals surface area (Å²) in [5.41, 5.74) is 6.76. The first-order chi connectivity index (χ1) is 9.15. The minimum atomic E-state index is -0.158. The SMILES string of the molecule is COc1ccc(C(=O)NC2CCCC2OC)c(N)c1. The molecular weight excluding hydrogens is 244 g/mol. The number of nitrogens with two attached hydrogens (primary N) is 1. The average Bonchev–Trinajstić information content (AvgIpc) is 2.85. The first kappa shape index (κ1) is 13.7. The van der Waals surface area contributed by atoms with Crippen molar-refractivity contribution in [1.82, 2.24) is 5.32 Å². The number of nitrogen functional groups attached to an aromatic ring is 1. The van der Waals surface area contributed by atoms with Gasteiger partial charge >= 0.3 is 0 Å². The number of benzene rings is 1. The summed E-state index contributed by atoms with van der Waals surface area (Å²) < 4.78 is 10.4. The molecule has 0 heterocycles. The predicted octanol–water partition coefficient (Wildman–Crippen LogP) is 1.57. The summed E-state index contributed by atoms with van der Waals surface area (Å²) in [5, 5.41) is 2.99. The molecule has 2 unspecified atom stereocenters. The fourth-order valence-corrected chi connectivity index (χ4v) is 2.49. The highest BCUT2D eigenvalue weighted by Crippen LogP contribution is 2.23. The van der Waals surface area contributed by atoms with Crippen molar-refractivity contribution in [1.29, 1.82) is 0 Å². The molecule has 0 spiro atoms. The lowest BCUT2D eigenvalue weighted by Crippen LogP contribution is -2.40. The molecule has 1 fully saturated rings. The summed E-state index contributed by atoms with van der Waals surface area (Å²) in [6.07, 6.45) is 3.10. The Morgan fingerprint density at radius 3 is 2.79 bits per heavy atom. The standard InChI is InChI=1S/C14H20N2O3/c1-18-9-6-7-10(11(15)8-9)14(17)16-12-4-3-5-13(12)19-2/h6-8,12-13H,3-5,15H2,1-2H3,(H,16,17). The molecule has 1 aliphatic carbocycles. The number of anilines is 1. The Bertz CT molecular complexity index is 462. The fourth-order valence-electron chi connectivity index (χ4n) is 2.49. The van der Waals surface area contributed by atoms with Gasteiger partial charge in [-0.15, -0.1) is 0 Å². The lowest BCUT2D eigenvalue weighted by atomic mass is 10.1. The number of carbonyl (C=O) groups excluding carboxylic acids is 1. The van der Waals surface area contributed by atoms with Gasteiger partial charge in [-0.2, -0.15) is 0 Å². The monoisotopic (exact) mass is 264 g/mol. The summed E-state index contributed by atoms with van der Waals surface area (Å²) in [6, 6.07) is 5.13. The van der Waals surface area contributed by atoms with Crippen molar-refractivity contribution >= 4 is 11.6 Å². The summed E-state index contributed by atoms with van der Waals surface area (Å²) in [7, 11) is 3.24. The zero-order chi connectivity index (χ0) is 13.8. The molecule has 0 radical (unpaired) electrons. The number of amides is 1. The second kappa shape index (κ2) is 5.93. The number of ether oxygens (including phenoxy) is 2. The summed E-state index contributed by atoms with van der Waals surface area (Å²) >= 11 is 0. The lowest BCUT2D eigenvalue weighted by molar-refractivity contribution is 0.0722. The molecule has 2 rings (SSSR count). The van der Waals surface area contributed by atoms with Crippen LogP contribution in [0.2, 0.25) is 0 Å². The molecule has 0 aliphatic heterocycles. The van der Waals surface area contributed by atoms with Crippen LogP contribution in [0.1, 0.15) is 29.6 Å². The Balaban J connectivity index is 2.07. The highest BCUT2D eigenvalue weighted by Gasteiger charge is 2.29. The van der Waals surface area contributed by atoms with E-state index in [1.165, 1.54) is 0 Å². The molecule has 0 aromatic heterocycles. The topological polar surface area (TPSA) is 73.6 Å². The maximum atomic E-state index is 12.2. The van der Waals surface area contributed by atoms with Gasteiger partial charge in [0.25, 0.3) is 5.91 Å². The van der Waals surface area contributed by atoms with Gasteiger partial charge in [-0.3, -0.25) is 4.79 Å². The fraction of sp³-hybridized carbons (Fsp3) is 0.500. The van der Waals surface area contributed by atoms with Crippen LogP contribution in [-0.4, -0.2) is 32.3 Å². The van der Waals surface area contributed by atoms with Gasteiger partial charge in [-0.05, 0) is 31.4 Å². The minimum Gasteiger partial charge on any atom is -0.497 e. The van der Waals surface area contributed by atoms with Gasteiger partial charge in [0.05, 0.1) is 24.8 Å². The van der Waals surface area contributed by atoms with E-state index in [0.29, 0.717) is 17.0 Å². The summed E-state index contributed by atoms with van der Waals surface area (Å²) in [6.45, 7) is 0. The van der Waals surface area contributed by atoms with Gasteiger partial charge < -0.3 is 20.5 Å². The molecule has 0 saturated heterocycles. The van der Waals surface area contributed by atoms with E-state index in [-0.39, 0.29) is 18.1 Å². The number of hydrogen-bond donors (Lipinski definition) is 2. The van der Waals surface area contributed by atoms with Crippen molar-refractivity contribution < 1.29 is 14.3 Å². The van der Waals surface area contributed by atoms with E-state index in [9.17, 15) is 4.79 Å². The molecule has 0 bridgehead atoms. The Morgan fingerprint density at radius 2 is 2.16 bits per heavy atom. The van der Waals surface area contributed by atoms with E-state index < -0.39 is 0 Å². The minimum absolute atomic E-state index is 0.0685. The third-order valence-electron chi connectivity index (χ3n) is 3.58. The van der Waals surface area contributed by atoms with Crippen molar-refractivity contribution in [2.45, 2.75) is 31.4 Å². The van der Waals surface area contributed by atoms with Gasteiger partial charge in [-0.1, -0.05) is 0 Å². The highest BCUT2D eigenvalue weighted by molar-refractivity contribution is 5.99. The van der Waals surface area contributed by atoms with Crippen LogP contribution < -0.4 is 15.8 Å². The van der Waals surface area contributed by atoms with Crippen molar-refractivity contribution in [3.63, 3.8) is 0 Å². The average molecular weight is 264 g/mol.